The Balaban J connectivity index is 2.62. The molecule has 1 aromatic rings. The zero-order chi connectivity index (χ0) is 12.8. The van der Waals surface area contributed by atoms with Gasteiger partial charge in [-0.3, -0.25) is 0 Å². The number of nitrogens with zero attached hydrogens (tertiary/aromatic N) is 3. The van der Waals surface area contributed by atoms with Crippen molar-refractivity contribution in [3.8, 4) is 6.01 Å². The number of halogens is 1. The van der Waals surface area contributed by atoms with E-state index >= 15 is 0 Å². The second kappa shape index (κ2) is 6.59. The Labute approximate surface area is 107 Å². The fourth-order valence-corrected chi connectivity index (χ4v) is 1.30. The summed E-state index contributed by atoms with van der Waals surface area (Å²) < 4.78 is 5.38. The molecule has 1 N–H and O–H groups in total. The first-order valence-electron chi connectivity index (χ1n) is 5.79. The molecule has 0 amide bonds. The van der Waals surface area contributed by atoms with Crippen LogP contribution in [-0.4, -0.2) is 27.6 Å². The van der Waals surface area contributed by atoms with Crippen molar-refractivity contribution >= 4 is 17.5 Å². The first kappa shape index (κ1) is 14.0. The maximum Gasteiger partial charge on any atom is 0.322 e. The summed E-state index contributed by atoms with van der Waals surface area (Å²) in [6, 6.07) is 0.257. The van der Waals surface area contributed by atoms with Gasteiger partial charge < -0.3 is 10.1 Å². The zero-order valence-corrected chi connectivity index (χ0v) is 11.5. The van der Waals surface area contributed by atoms with Crippen LogP contribution in [0.3, 0.4) is 0 Å². The van der Waals surface area contributed by atoms with E-state index in [-0.39, 0.29) is 17.4 Å². The molecule has 17 heavy (non-hydrogen) atoms. The number of hydrogen-bond donors (Lipinski definition) is 1. The van der Waals surface area contributed by atoms with Gasteiger partial charge in [0.15, 0.2) is 0 Å². The van der Waals surface area contributed by atoms with Gasteiger partial charge >= 0.3 is 6.01 Å². The highest BCUT2D eigenvalue weighted by Crippen LogP contribution is 2.12. The lowest BCUT2D eigenvalue weighted by atomic mass is 10.1. The highest BCUT2D eigenvalue weighted by Gasteiger charge is 2.07. The molecule has 0 atom stereocenters. The van der Waals surface area contributed by atoms with E-state index in [1.807, 2.05) is 13.8 Å². The molecule has 1 aromatic heterocycles. The summed E-state index contributed by atoms with van der Waals surface area (Å²) in [5, 5.41) is 3.25. The van der Waals surface area contributed by atoms with E-state index in [0.29, 0.717) is 11.9 Å². The summed E-state index contributed by atoms with van der Waals surface area (Å²) in [5.41, 5.74) is 0. The molecule has 0 bridgehead atoms. The molecule has 0 aromatic carbocycles. The maximum atomic E-state index is 5.79. The van der Waals surface area contributed by atoms with Gasteiger partial charge in [0.1, 0.15) is 0 Å². The summed E-state index contributed by atoms with van der Waals surface area (Å²) in [6.07, 6.45) is 1.06. The molecule has 0 radical (unpaired) electrons. The van der Waals surface area contributed by atoms with Gasteiger partial charge in [-0.15, -0.1) is 0 Å². The molecule has 0 aliphatic carbocycles. The van der Waals surface area contributed by atoms with E-state index in [9.17, 15) is 0 Å². The minimum Gasteiger partial charge on any atom is -0.461 e. The molecule has 0 saturated heterocycles. The molecule has 0 unspecified atom stereocenters. The lowest BCUT2D eigenvalue weighted by Gasteiger charge is -2.10. The zero-order valence-electron chi connectivity index (χ0n) is 10.7. The van der Waals surface area contributed by atoms with Gasteiger partial charge in [0.2, 0.25) is 11.2 Å². The summed E-state index contributed by atoms with van der Waals surface area (Å²) in [6.45, 7) is 8.94. The van der Waals surface area contributed by atoms with Gasteiger partial charge in [0.05, 0.1) is 6.10 Å². The van der Waals surface area contributed by atoms with Crippen molar-refractivity contribution in [2.24, 2.45) is 5.92 Å². The quantitative estimate of drug-likeness (QED) is 0.850. The van der Waals surface area contributed by atoms with Crippen molar-refractivity contribution in [1.29, 1.82) is 0 Å². The molecule has 0 aliphatic heterocycles. The fraction of sp³-hybridized carbons (Fsp3) is 0.727. The van der Waals surface area contributed by atoms with Crippen LogP contribution in [0.5, 0.6) is 6.01 Å². The van der Waals surface area contributed by atoms with Crippen LogP contribution in [0.1, 0.15) is 34.1 Å². The highest BCUT2D eigenvalue weighted by molar-refractivity contribution is 6.28. The number of ether oxygens (including phenoxy) is 1. The van der Waals surface area contributed by atoms with E-state index in [1.54, 1.807) is 0 Å². The van der Waals surface area contributed by atoms with Crippen LogP contribution in [0, 0.1) is 5.92 Å². The number of nitrogens with one attached hydrogen (secondary N) is 1. The third-order valence-corrected chi connectivity index (χ3v) is 2.10. The lowest BCUT2D eigenvalue weighted by Crippen LogP contribution is -2.12. The summed E-state index contributed by atoms with van der Waals surface area (Å²) in [7, 11) is 0. The summed E-state index contributed by atoms with van der Waals surface area (Å²) >= 11 is 5.79. The molecular weight excluding hydrogens is 240 g/mol. The van der Waals surface area contributed by atoms with Crippen LogP contribution >= 0.6 is 11.6 Å². The maximum absolute atomic E-state index is 5.79. The van der Waals surface area contributed by atoms with Crippen LogP contribution in [0.4, 0.5) is 5.95 Å². The Morgan fingerprint density at radius 3 is 2.47 bits per heavy atom. The Hall–Kier alpha value is -1.10. The third kappa shape index (κ3) is 5.68. The average molecular weight is 259 g/mol. The molecule has 96 valence electrons. The standard InChI is InChI=1S/C11H19ClN4O/c1-7(2)5-6-13-10-14-9(12)15-11(16-10)17-8(3)4/h7-8H,5-6H2,1-4H3,(H,13,14,15,16). The van der Waals surface area contributed by atoms with Gasteiger partial charge in [0.25, 0.3) is 0 Å². The van der Waals surface area contributed by atoms with Crippen molar-refractivity contribution in [3.63, 3.8) is 0 Å². The van der Waals surface area contributed by atoms with E-state index in [1.165, 1.54) is 0 Å². The van der Waals surface area contributed by atoms with Crippen molar-refractivity contribution < 1.29 is 4.74 Å². The van der Waals surface area contributed by atoms with E-state index < -0.39 is 0 Å². The monoisotopic (exact) mass is 258 g/mol. The van der Waals surface area contributed by atoms with E-state index in [2.05, 4.69) is 34.1 Å². The minimum atomic E-state index is 0.0111. The topological polar surface area (TPSA) is 59.9 Å². The molecule has 6 heteroatoms. The second-order valence-electron chi connectivity index (χ2n) is 4.49. The van der Waals surface area contributed by atoms with Crippen molar-refractivity contribution in [2.75, 3.05) is 11.9 Å². The summed E-state index contributed by atoms with van der Waals surface area (Å²) in [5.74, 6) is 1.09. The molecule has 1 heterocycles. The Morgan fingerprint density at radius 2 is 1.88 bits per heavy atom. The van der Waals surface area contributed by atoms with Gasteiger partial charge in [0, 0.05) is 6.54 Å². The van der Waals surface area contributed by atoms with Gasteiger partial charge in [-0.1, -0.05) is 13.8 Å². The van der Waals surface area contributed by atoms with Gasteiger partial charge in [-0.25, -0.2) is 0 Å². The largest absolute Gasteiger partial charge is 0.461 e. The first-order valence-corrected chi connectivity index (χ1v) is 6.17. The number of rotatable bonds is 6. The number of hydrogen-bond acceptors (Lipinski definition) is 5. The Bertz CT molecular complexity index is 357. The Kier molecular flexibility index (Phi) is 5.41. The van der Waals surface area contributed by atoms with Gasteiger partial charge in [-0.2, -0.15) is 15.0 Å². The average Bonchev–Trinajstić information content (AvgIpc) is 2.14. The van der Waals surface area contributed by atoms with Crippen molar-refractivity contribution in [2.45, 2.75) is 40.2 Å². The lowest BCUT2D eigenvalue weighted by molar-refractivity contribution is 0.222. The predicted octanol–water partition coefficient (Wildman–Crippen LogP) is 2.77. The van der Waals surface area contributed by atoms with Crippen LogP contribution in [-0.2, 0) is 0 Å². The van der Waals surface area contributed by atoms with Crippen LogP contribution in [0.25, 0.3) is 0 Å². The first-order chi connectivity index (χ1) is 7.97. The van der Waals surface area contributed by atoms with Gasteiger partial charge in [-0.05, 0) is 37.8 Å². The molecule has 1 rings (SSSR count). The molecule has 0 fully saturated rings. The Morgan fingerprint density at radius 1 is 1.18 bits per heavy atom. The van der Waals surface area contributed by atoms with Crippen molar-refractivity contribution in [3.05, 3.63) is 5.28 Å². The molecular formula is C11H19ClN4O. The van der Waals surface area contributed by atoms with E-state index in [4.69, 9.17) is 16.3 Å². The molecule has 0 spiro atoms. The van der Waals surface area contributed by atoms with Crippen LogP contribution in [0.15, 0.2) is 0 Å². The fourth-order valence-electron chi connectivity index (χ4n) is 1.15. The SMILES string of the molecule is CC(C)CCNc1nc(Cl)nc(OC(C)C)n1. The van der Waals surface area contributed by atoms with E-state index in [0.717, 1.165) is 13.0 Å². The molecule has 0 aliphatic rings. The summed E-state index contributed by atoms with van der Waals surface area (Å²) in [4.78, 5) is 12.0. The smallest absolute Gasteiger partial charge is 0.322 e. The highest BCUT2D eigenvalue weighted by atomic mass is 35.5. The normalized spacial score (nSPS) is 11.0. The third-order valence-electron chi connectivity index (χ3n) is 1.93. The predicted molar refractivity (Wildman–Crippen MR) is 68.5 cm³/mol. The molecule has 0 saturated carbocycles. The minimum absolute atomic E-state index is 0.0111. The second-order valence-corrected chi connectivity index (χ2v) is 4.82. The van der Waals surface area contributed by atoms with Crippen molar-refractivity contribution in [1.82, 2.24) is 15.0 Å². The van der Waals surface area contributed by atoms with Crippen LogP contribution in [0.2, 0.25) is 5.28 Å². The van der Waals surface area contributed by atoms with Crippen LogP contribution < -0.4 is 10.1 Å². The molecule has 5 nitrogen and oxygen atoms in total. The number of aromatic nitrogens is 3. The number of anilines is 1.